The maximum atomic E-state index is 11.5. The monoisotopic (exact) mass is 230 g/mol. The summed E-state index contributed by atoms with van der Waals surface area (Å²) in [6.07, 6.45) is 0.716. The van der Waals surface area contributed by atoms with Crippen LogP contribution >= 0.6 is 0 Å². The van der Waals surface area contributed by atoms with E-state index in [0.717, 1.165) is 0 Å². The average Bonchev–Trinajstić information content (AvgIpc) is 2.44. The van der Waals surface area contributed by atoms with Gasteiger partial charge in [-0.2, -0.15) is 0 Å². The van der Waals surface area contributed by atoms with E-state index in [1.54, 1.807) is 0 Å². The van der Waals surface area contributed by atoms with Crippen LogP contribution in [0.15, 0.2) is 0 Å². The average molecular weight is 230 g/mol. The number of esters is 1. The van der Waals surface area contributed by atoms with Crippen LogP contribution in [0.25, 0.3) is 0 Å². The van der Waals surface area contributed by atoms with E-state index in [1.807, 2.05) is 34.6 Å². The standard InChI is InChI=1S/C12H22O4/c1-11(2,3)10(13)14-7-6-9-8-15-12(4,5)16-9/h9H,6-8H2,1-5H3. The Bertz CT molecular complexity index is 252. The molecule has 0 radical (unpaired) electrons. The van der Waals surface area contributed by atoms with Crippen molar-refractivity contribution in [3.05, 3.63) is 0 Å². The fraction of sp³-hybridized carbons (Fsp3) is 0.917. The lowest BCUT2D eigenvalue weighted by Crippen LogP contribution is -2.25. The molecular weight excluding hydrogens is 208 g/mol. The van der Waals surface area contributed by atoms with E-state index < -0.39 is 11.2 Å². The Kier molecular flexibility index (Phi) is 3.97. The molecule has 0 saturated carbocycles. The molecule has 1 aliphatic rings. The van der Waals surface area contributed by atoms with Gasteiger partial charge in [-0.1, -0.05) is 0 Å². The van der Waals surface area contributed by atoms with Crippen LogP contribution in [0.2, 0.25) is 0 Å². The summed E-state index contributed by atoms with van der Waals surface area (Å²) >= 11 is 0. The van der Waals surface area contributed by atoms with Crippen molar-refractivity contribution in [3.63, 3.8) is 0 Å². The van der Waals surface area contributed by atoms with Crippen LogP contribution in [0, 0.1) is 5.41 Å². The minimum Gasteiger partial charge on any atom is -0.465 e. The van der Waals surface area contributed by atoms with Crippen molar-refractivity contribution in [2.45, 2.75) is 52.9 Å². The summed E-state index contributed by atoms with van der Waals surface area (Å²) in [6, 6.07) is 0. The van der Waals surface area contributed by atoms with Gasteiger partial charge in [-0.15, -0.1) is 0 Å². The van der Waals surface area contributed by atoms with E-state index in [-0.39, 0.29) is 12.1 Å². The SMILES string of the molecule is CC1(C)OCC(CCOC(=O)C(C)(C)C)O1. The Balaban J connectivity index is 2.20. The summed E-state index contributed by atoms with van der Waals surface area (Å²) in [5.74, 6) is -0.677. The van der Waals surface area contributed by atoms with Gasteiger partial charge in [0, 0.05) is 6.42 Å². The van der Waals surface area contributed by atoms with Crippen molar-refractivity contribution < 1.29 is 19.0 Å². The smallest absolute Gasteiger partial charge is 0.311 e. The van der Waals surface area contributed by atoms with Gasteiger partial charge < -0.3 is 14.2 Å². The van der Waals surface area contributed by atoms with E-state index in [1.165, 1.54) is 0 Å². The van der Waals surface area contributed by atoms with Gasteiger partial charge in [0.15, 0.2) is 5.79 Å². The van der Waals surface area contributed by atoms with Crippen molar-refractivity contribution in [2.75, 3.05) is 13.2 Å². The molecule has 1 aliphatic heterocycles. The largest absolute Gasteiger partial charge is 0.465 e. The van der Waals surface area contributed by atoms with Gasteiger partial charge in [0.1, 0.15) is 0 Å². The van der Waals surface area contributed by atoms with Crippen molar-refractivity contribution >= 4 is 5.97 Å². The summed E-state index contributed by atoms with van der Waals surface area (Å²) in [7, 11) is 0. The number of carbonyl (C=O) groups excluding carboxylic acids is 1. The molecule has 0 bridgehead atoms. The number of rotatable bonds is 3. The normalized spacial score (nSPS) is 24.4. The number of hydrogen-bond donors (Lipinski definition) is 0. The fourth-order valence-electron chi connectivity index (χ4n) is 1.40. The Labute approximate surface area is 97.2 Å². The van der Waals surface area contributed by atoms with Crippen molar-refractivity contribution in [1.29, 1.82) is 0 Å². The molecule has 0 N–H and O–H groups in total. The van der Waals surface area contributed by atoms with Gasteiger partial charge in [-0.3, -0.25) is 4.79 Å². The zero-order valence-electron chi connectivity index (χ0n) is 10.8. The molecule has 0 aromatic carbocycles. The fourth-order valence-corrected chi connectivity index (χ4v) is 1.40. The molecule has 16 heavy (non-hydrogen) atoms. The molecule has 1 atom stereocenters. The highest BCUT2D eigenvalue weighted by Gasteiger charge is 2.32. The highest BCUT2D eigenvalue weighted by Crippen LogP contribution is 2.24. The minimum absolute atomic E-state index is 0.0303. The van der Waals surface area contributed by atoms with E-state index in [0.29, 0.717) is 19.6 Å². The molecule has 1 rings (SSSR count). The molecule has 94 valence electrons. The lowest BCUT2D eigenvalue weighted by molar-refractivity contribution is -0.155. The van der Waals surface area contributed by atoms with Gasteiger partial charge in [-0.05, 0) is 34.6 Å². The molecule has 1 fully saturated rings. The van der Waals surface area contributed by atoms with E-state index in [9.17, 15) is 4.79 Å². The number of hydrogen-bond acceptors (Lipinski definition) is 4. The quantitative estimate of drug-likeness (QED) is 0.697. The van der Waals surface area contributed by atoms with Crippen LogP contribution < -0.4 is 0 Å². The first-order chi connectivity index (χ1) is 7.21. The van der Waals surface area contributed by atoms with E-state index in [2.05, 4.69) is 0 Å². The Hall–Kier alpha value is -0.610. The first-order valence-electron chi connectivity index (χ1n) is 5.70. The highest BCUT2D eigenvalue weighted by molar-refractivity contribution is 5.75. The molecule has 4 nitrogen and oxygen atoms in total. The zero-order valence-corrected chi connectivity index (χ0v) is 10.8. The predicted molar refractivity (Wildman–Crippen MR) is 59.9 cm³/mol. The summed E-state index contributed by atoms with van der Waals surface area (Å²) < 4.78 is 16.2. The summed E-state index contributed by atoms with van der Waals surface area (Å²) in [6.45, 7) is 10.2. The lowest BCUT2D eigenvalue weighted by atomic mass is 9.97. The minimum atomic E-state index is -0.501. The second-order valence-electron chi connectivity index (χ2n) is 5.63. The Morgan fingerprint density at radius 2 is 2.06 bits per heavy atom. The molecule has 1 saturated heterocycles. The summed E-state index contributed by atoms with van der Waals surface area (Å²) in [4.78, 5) is 11.5. The van der Waals surface area contributed by atoms with Crippen LogP contribution in [-0.4, -0.2) is 31.1 Å². The molecule has 1 unspecified atom stereocenters. The van der Waals surface area contributed by atoms with Gasteiger partial charge in [0.2, 0.25) is 0 Å². The third-order valence-electron chi connectivity index (χ3n) is 2.35. The predicted octanol–water partition coefficient (Wildman–Crippen LogP) is 2.12. The Morgan fingerprint density at radius 1 is 1.44 bits per heavy atom. The van der Waals surface area contributed by atoms with Crippen LogP contribution in [0.1, 0.15) is 41.0 Å². The first-order valence-corrected chi connectivity index (χ1v) is 5.70. The lowest BCUT2D eigenvalue weighted by Gasteiger charge is -2.19. The van der Waals surface area contributed by atoms with E-state index >= 15 is 0 Å². The maximum absolute atomic E-state index is 11.5. The molecule has 0 amide bonds. The van der Waals surface area contributed by atoms with Crippen LogP contribution in [-0.2, 0) is 19.0 Å². The van der Waals surface area contributed by atoms with Crippen LogP contribution in [0.4, 0.5) is 0 Å². The van der Waals surface area contributed by atoms with E-state index in [4.69, 9.17) is 14.2 Å². The molecule has 0 aromatic heterocycles. The summed E-state index contributed by atoms with van der Waals surface area (Å²) in [5, 5.41) is 0. The van der Waals surface area contributed by atoms with Gasteiger partial charge in [0.25, 0.3) is 0 Å². The van der Waals surface area contributed by atoms with Crippen molar-refractivity contribution in [3.8, 4) is 0 Å². The second-order valence-corrected chi connectivity index (χ2v) is 5.63. The third-order valence-corrected chi connectivity index (χ3v) is 2.35. The Morgan fingerprint density at radius 3 is 2.50 bits per heavy atom. The second kappa shape index (κ2) is 4.72. The maximum Gasteiger partial charge on any atom is 0.311 e. The number of carbonyl (C=O) groups is 1. The highest BCUT2D eigenvalue weighted by atomic mass is 16.7. The number of ether oxygens (including phenoxy) is 3. The molecule has 0 aromatic rings. The van der Waals surface area contributed by atoms with Gasteiger partial charge in [-0.25, -0.2) is 0 Å². The molecule has 1 heterocycles. The first kappa shape index (κ1) is 13.5. The van der Waals surface area contributed by atoms with Crippen molar-refractivity contribution in [2.24, 2.45) is 5.41 Å². The van der Waals surface area contributed by atoms with Gasteiger partial charge >= 0.3 is 5.97 Å². The van der Waals surface area contributed by atoms with Crippen molar-refractivity contribution in [1.82, 2.24) is 0 Å². The molecule has 4 heteroatoms. The third kappa shape index (κ3) is 4.10. The topological polar surface area (TPSA) is 44.8 Å². The van der Waals surface area contributed by atoms with Gasteiger partial charge in [0.05, 0.1) is 24.7 Å². The summed E-state index contributed by atoms with van der Waals surface area (Å²) in [5.41, 5.74) is -0.438. The molecular formula is C12H22O4. The molecule has 0 spiro atoms. The van der Waals surface area contributed by atoms with Crippen LogP contribution in [0.5, 0.6) is 0 Å². The molecule has 0 aliphatic carbocycles. The van der Waals surface area contributed by atoms with Crippen LogP contribution in [0.3, 0.4) is 0 Å². The zero-order chi connectivity index (χ0) is 12.4.